The van der Waals surface area contributed by atoms with Crippen LogP contribution in [0.15, 0.2) is 138 Å². The van der Waals surface area contributed by atoms with Crippen molar-refractivity contribution in [2.75, 3.05) is 0 Å². The summed E-state index contributed by atoms with van der Waals surface area (Å²) in [5.74, 6) is 0.516. The number of benzene rings is 7. The first-order valence-electron chi connectivity index (χ1n) is 16.7. The van der Waals surface area contributed by atoms with E-state index in [4.69, 9.17) is 4.42 Å². The summed E-state index contributed by atoms with van der Waals surface area (Å²) < 4.78 is 6.14. The van der Waals surface area contributed by atoms with Gasteiger partial charge in [0.15, 0.2) is 0 Å². The van der Waals surface area contributed by atoms with Crippen molar-refractivity contribution in [3.8, 4) is 33.4 Å². The maximum Gasteiger partial charge on any atom is 0.135 e. The summed E-state index contributed by atoms with van der Waals surface area (Å²) in [5.41, 5.74) is 15.3. The Labute approximate surface area is 274 Å². The van der Waals surface area contributed by atoms with E-state index in [-0.39, 0.29) is 0 Å². The molecule has 7 aromatic carbocycles. The lowest BCUT2D eigenvalue weighted by molar-refractivity contribution is 0.669. The van der Waals surface area contributed by atoms with Crippen molar-refractivity contribution in [2.24, 2.45) is 0 Å². The Balaban J connectivity index is 1.23. The molecular weight excluding hydrogens is 569 g/mol. The van der Waals surface area contributed by atoms with Crippen molar-refractivity contribution in [3.05, 3.63) is 156 Å². The van der Waals surface area contributed by atoms with Gasteiger partial charge in [-0.1, -0.05) is 122 Å². The highest BCUT2D eigenvalue weighted by Crippen LogP contribution is 2.49. The molecule has 1 unspecified atom stereocenters. The smallest absolute Gasteiger partial charge is 0.135 e. The van der Waals surface area contributed by atoms with Gasteiger partial charge in [0.2, 0.25) is 0 Å². The third-order valence-electron chi connectivity index (χ3n) is 10.5. The summed E-state index contributed by atoms with van der Waals surface area (Å²) in [5, 5.41) is 7.48. The van der Waals surface area contributed by atoms with E-state index >= 15 is 0 Å². The van der Waals surface area contributed by atoms with E-state index in [9.17, 15) is 0 Å². The first-order chi connectivity index (χ1) is 23.2. The maximum atomic E-state index is 6.14. The van der Waals surface area contributed by atoms with E-state index in [2.05, 4.69) is 140 Å². The summed E-state index contributed by atoms with van der Waals surface area (Å²) in [6.45, 7) is 2.39. The monoisotopic (exact) mass is 600 g/mol. The standard InChI is InChI=1S/C46H32O/c1-28-11-8-21-39-41(27-31-13-10-20-33(31)44(28)39)46-37-18-4-2-16-35(37)45(36-17-3-5-19-38(36)46)32-14-9-12-29(25-32)30-23-24-43-40(26-30)34-15-6-7-22-42(34)47-43/h2-10,12-19,21-28H,11,20H2,1H3. The van der Waals surface area contributed by atoms with Crippen LogP contribution in [0.2, 0.25) is 0 Å². The topological polar surface area (TPSA) is 13.1 Å². The Kier molecular flexibility index (Phi) is 5.75. The zero-order valence-corrected chi connectivity index (χ0v) is 26.3. The highest BCUT2D eigenvalue weighted by molar-refractivity contribution is 6.22. The molecule has 0 amide bonds. The Hall–Kier alpha value is -5.66. The quantitative estimate of drug-likeness (QED) is 0.184. The van der Waals surface area contributed by atoms with Crippen LogP contribution in [0, 0.1) is 0 Å². The Morgan fingerprint density at radius 3 is 1.98 bits per heavy atom. The fourth-order valence-corrected chi connectivity index (χ4v) is 8.41. The zero-order chi connectivity index (χ0) is 31.1. The minimum atomic E-state index is 0.516. The van der Waals surface area contributed by atoms with Crippen LogP contribution in [0.5, 0.6) is 0 Å². The van der Waals surface area contributed by atoms with Gasteiger partial charge in [-0.05, 0) is 126 Å². The predicted molar refractivity (Wildman–Crippen MR) is 200 cm³/mol. The summed E-state index contributed by atoms with van der Waals surface area (Å²) in [6.07, 6.45) is 11.6. The third kappa shape index (κ3) is 3.96. The molecule has 1 atom stereocenters. The highest BCUT2D eigenvalue weighted by Gasteiger charge is 2.26. The molecule has 8 aromatic rings. The van der Waals surface area contributed by atoms with Crippen LogP contribution < -0.4 is 0 Å². The third-order valence-corrected chi connectivity index (χ3v) is 10.5. The summed E-state index contributed by atoms with van der Waals surface area (Å²) in [7, 11) is 0. The highest BCUT2D eigenvalue weighted by atomic mass is 16.3. The van der Waals surface area contributed by atoms with Crippen molar-refractivity contribution < 1.29 is 4.42 Å². The fraction of sp³-hybridized carbons (Fsp3) is 0.0870. The van der Waals surface area contributed by atoms with Crippen molar-refractivity contribution >= 4 is 55.6 Å². The van der Waals surface area contributed by atoms with Gasteiger partial charge in [0, 0.05) is 10.8 Å². The van der Waals surface area contributed by atoms with Gasteiger partial charge in [-0.3, -0.25) is 0 Å². The van der Waals surface area contributed by atoms with Crippen LogP contribution in [0.3, 0.4) is 0 Å². The molecule has 1 heterocycles. The lowest BCUT2D eigenvalue weighted by Crippen LogP contribution is -2.07. The Morgan fingerprint density at radius 2 is 1.19 bits per heavy atom. The molecule has 1 nitrogen and oxygen atoms in total. The average molecular weight is 601 g/mol. The molecule has 0 saturated carbocycles. The van der Waals surface area contributed by atoms with E-state index in [1.54, 1.807) is 0 Å². The van der Waals surface area contributed by atoms with Crippen molar-refractivity contribution in [1.29, 1.82) is 0 Å². The van der Waals surface area contributed by atoms with Crippen LogP contribution in [0.4, 0.5) is 0 Å². The second-order valence-corrected chi connectivity index (χ2v) is 13.2. The van der Waals surface area contributed by atoms with Crippen molar-refractivity contribution in [2.45, 2.75) is 25.7 Å². The molecule has 0 aliphatic heterocycles. The normalized spacial score (nSPS) is 15.2. The molecule has 10 rings (SSSR count). The summed E-state index contributed by atoms with van der Waals surface area (Å²) in [4.78, 5) is 0. The average Bonchev–Trinajstić information content (AvgIpc) is 3.75. The number of hydrogen-bond donors (Lipinski definition) is 0. The van der Waals surface area contributed by atoms with Gasteiger partial charge in [-0.2, -0.15) is 0 Å². The number of rotatable bonds is 3. The van der Waals surface area contributed by atoms with Crippen LogP contribution in [-0.2, 0) is 6.42 Å². The van der Waals surface area contributed by atoms with E-state index < -0.39 is 0 Å². The van der Waals surface area contributed by atoms with Gasteiger partial charge in [-0.25, -0.2) is 0 Å². The molecule has 47 heavy (non-hydrogen) atoms. The predicted octanol–water partition coefficient (Wildman–Crippen LogP) is 13.0. The Bertz CT molecular complexity index is 2590. The first kappa shape index (κ1) is 26.5. The van der Waals surface area contributed by atoms with Crippen LogP contribution in [0.1, 0.15) is 41.5 Å². The number of para-hydroxylation sites is 1. The SMILES string of the molecule is CC1CC=Cc2c(-c3c4ccccc4c(-c4cccc(-c5ccc6oc7ccccc7c6c5)c4)c4ccccc34)cc3c(c21)CC=C3. The van der Waals surface area contributed by atoms with Gasteiger partial charge < -0.3 is 4.42 Å². The lowest BCUT2D eigenvalue weighted by atomic mass is 9.77. The van der Waals surface area contributed by atoms with Crippen LogP contribution in [0.25, 0.3) is 89.0 Å². The van der Waals surface area contributed by atoms with Gasteiger partial charge in [0.05, 0.1) is 0 Å². The summed E-state index contributed by atoms with van der Waals surface area (Å²) >= 11 is 0. The minimum absolute atomic E-state index is 0.516. The van der Waals surface area contributed by atoms with Crippen LogP contribution >= 0.6 is 0 Å². The first-order valence-corrected chi connectivity index (χ1v) is 16.7. The molecule has 2 aliphatic carbocycles. The molecule has 0 radical (unpaired) electrons. The van der Waals surface area contributed by atoms with E-state index in [0.29, 0.717) is 5.92 Å². The second-order valence-electron chi connectivity index (χ2n) is 13.2. The van der Waals surface area contributed by atoms with E-state index in [0.717, 1.165) is 34.8 Å². The molecule has 0 N–H and O–H groups in total. The molecular formula is C46H32O. The van der Waals surface area contributed by atoms with Crippen molar-refractivity contribution in [1.82, 2.24) is 0 Å². The largest absolute Gasteiger partial charge is 0.456 e. The molecule has 0 bridgehead atoms. The molecule has 0 fully saturated rings. The summed E-state index contributed by atoms with van der Waals surface area (Å²) in [6, 6.07) is 44.5. The van der Waals surface area contributed by atoms with Gasteiger partial charge in [0.25, 0.3) is 0 Å². The molecule has 0 spiro atoms. The Morgan fingerprint density at radius 1 is 0.532 bits per heavy atom. The molecule has 2 aliphatic rings. The second kappa shape index (κ2) is 10.2. The number of furan rings is 1. The molecule has 1 aromatic heterocycles. The number of fused-ring (bicyclic) bond motifs is 8. The van der Waals surface area contributed by atoms with Gasteiger partial charge in [0.1, 0.15) is 11.2 Å². The molecule has 222 valence electrons. The fourth-order valence-electron chi connectivity index (χ4n) is 8.41. The van der Waals surface area contributed by atoms with Gasteiger partial charge in [-0.15, -0.1) is 0 Å². The molecule has 0 saturated heterocycles. The minimum Gasteiger partial charge on any atom is -0.456 e. The van der Waals surface area contributed by atoms with E-state index in [1.807, 2.05) is 12.1 Å². The molecule has 1 heteroatoms. The number of hydrogen-bond acceptors (Lipinski definition) is 1. The maximum absolute atomic E-state index is 6.14. The zero-order valence-electron chi connectivity index (χ0n) is 26.3. The lowest BCUT2D eigenvalue weighted by Gasteiger charge is -2.26. The number of allylic oxidation sites excluding steroid dienone is 2. The van der Waals surface area contributed by atoms with E-state index in [1.165, 1.54) is 77.2 Å². The van der Waals surface area contributed by atoms with Crippen LogP contribution in [-0.4, -0.2) is 0 Å². The van der Waals surface area contributed by atoms with Crippen molar-refractivity contribution in [3.63, 3.8) is 0 Å². The van der Waals surface area contributed by atoms with Gasteiger partial charge >= 0.3 is 0 Å².